The van der Waals surface area contributed by atoms with Gasteiger partial charge in [0.15, 0.2) is 0 Å². The van der Waals surface area contributed by atoms with E-state index in [9.17, 15) is 9.59 Å². The largest absolute Gasteiger partial charge is 0.497 e. The molecular weight excluding hydrogens is 420 g/mol. The van der Waals surface area contributed by atoms with E-state index in [-0.39, 0.29) is 17.6 Å². The van der Waals surface area contributed by atoms with E-state index in [0.29, 0.717) is 23.6 Å². The topological polar surface area (TPSA) is 110 Å². The number of nitrogens with one attached hydrogen (secondary N) is 4. The summed E-state index contributed by atoms with van der Waals surface area (Å²) in [6.45, 7) is 0. The normalized spacial score (nSPS) is 18.1. The predicted octanol–water partition coefficient (Wildman–Crippen LogP) is 1.50. The molecule has 0 saturated carbocycles. The van der Waals surface area contributed by atoms with E-state index in [1.54, 1.807) is 32.4 Å². The van der Waals surface area contributed by atoms with Gasteiger partial charge >= 0.3 is 0 Å². The van der Waals surface area contributed by atoms with Crippen LogP contribution < -0.4 is 35.7 Å². The lowest BCUT2D eigenvalue weighted by Gasteiger charge is -2.31. The smallest absolute Gasteiger partial charge is 0.240 e. The third-order valence-electron chi connectivity index (χ3n) is 4.64. The average molecular weight is 447 g/mol. The van der Waals surface area contributed by atoms with Crippen molar-refractivity contribution in [3.63, 3.8) is 0 Å². The van der Waals surface area contributed by atoms with Crippen molar-refractivity contribution in [2.24, 2.45) is 0 Å². The van der Waals surface area contributed by atoms with Gasteiger partial charge in [-0.1, -0.05) is 12.1 Å². The Bertz CT molecular complexity index is 909. The van der Waals surface area contributed by atoms with Gasteiger partial charge in [-0.05, 0) is 36.2 Å². The van der Waals surface area contributed by atoms with Crippen LogP contribution in [0, 0.1) is 0 Å². The van der Waals surface area contributed by atoms with Crippen molar-refractivity contribution in [2.45, 2.75) is 18.0 Å². The number of benzene rings is 2. The van der Waals surface area contributed by atoms with Gasteiger partial charge in [-0.2, -0.15) is 0 Å². The van der Waals surface area contributed by atoms with E-state index >= 15 is 0 Å². The van der Waals surface area contributed by atoms with Crippen molar-refractivity contribution in [3.05, 3.63) is 48.0 Å². The molecule has 10 heteroatoms. The minimum absolute atomic E-state index is 0.128. The molecule has 4 N–H and O–H groups in total. The summed E-state index contributed by atoms with van der Waals surface area (Å²) in [5.41, 5.74) is 7.15. The maximum atomic E-state index is 12.4. The van der Waals surface area contributed by atoms with Gasteiger partial charge in [0.25, 0.3) is 0 Å². The molecule has 2 aromatic rings. The zero-order valence-electron chi connectivity index (χ0n) is 17.6. The van der Waals surface area contributed by atoms with Crippen LogP contribution in [0.3, 0.4) is 0 Å². The summed E-state index contributed by atoms with van der Waals surface area (Å²) < 4.78 is 15.6. The van der Waals surface area contributed by atoms with Gasteiger partial charge in [0.05, 0.1) is 32.8 Å². The van der Waals surface area contributed by atoms with Crippen LogP contribution in [0.5, 0.6) is 17.2 Å². The summed E-state index contributed by atoms with van der Waals surface area (Å²) in [7, 11) is 4.69. The van der Waals surface area contributed by atoms with Gasteiger partial charge in [-0.3, -0.25) is 9.59 Å². The summed E-state index contributed by atoms with van der Waals surface area (Å²) in [6.07, 6.45) is 0.524. The van der Waals surface area contributed by atoms with Crippen molar-refractivity contribution >= 4 is 29.3 Å². The van der Waals surface area contributed by atoms with Gasteiger partial charge in [0.1, 0.15) is 28.8 Å². The fraction of sp³-hybridized carbons (Fsp3) is 0.333. The number of carbonyl (C=O) groups is 2. The molecule has 0 aliphatic carbocycles. The maximum absolute atomic E-state index is 12.4. The number of hydrogen-bond acceptors (Lipinski definition) is 8. The van der Waals surface area contributed by atoms with Crippen molar-refractivity contribution < 1.29 is 23.8 Å². The first kappa shape index (κ1) is 22.7. The van der Waals surface area contributed by atoms with Crippen LogP contribution in [0.4, 0.5) is 5.69 Å². The SMILES string of the molecule is COc1ccc(CC2NNC(SCC(=O)Nc3cc(OC)ccc3OC)NC2=O)cc1. The third kappa shape index (κ3) is 6.27. The van der Waals surface area contributed by atoms with Crippen LogP contribution in [0.25, 0.3) is 0 Å². The molecule has 0 bridgehead atoms. The fourth-order valence-corrected chi connectivity index (χ4v) is 3.73. The first-order valence-corrected chi connectivity index (χ1v) is 10.6. The minimum Gasteiger partial charge on any atom is -0.497 e. The molecular formula is C21H26N4O5S. The molecule has 2 aromatic carbocycles. The monoisotopic (exact) mass is 446 g/mol. The van der Waals surface area contributed by atoms with Crippen LogP contribution in [0.2, 0.25) is 0 Å². The number of hydrogen-bond donors (Lipinski definition) is 4. The van der Waals surface area contributed by atoms with Crippen molar-refractivity contribution in [2.75, 3.05) is 32.4 Å². The Balaban J connectivity index is 1.47. The Morgan fingerprint density at radius 3 is 2.35 bits per heavy atom. The Labute approximate surface area is 185 Å². The standard InChI is InChI=1S/C21H26N4O5S/c1-28-14-6-4-13(5-7-14)10-17-20(27)23-21(25-24-17)31-12-19(26)22-16-11-15(29-2)8-9-18(16)30-3/h4-9,11,17,21,24-25H,10,12H2,1-3H3,(H,22,26)(H,23,27). The molecule has 2 amide bonds. The molecule has 1 heterocycles. The second-order valence-corrected chi connectivity index (χ2v) is 7.80. The molecule has 1 saturated heterocycles. The molecule has 166 valence electrons. The Morgan fingerprint density at radius 2 is 1.71 bits per heavy atom. The zero-order chi connectivity index (χ0) is 22.2. The molecule has 2 atom stereocenters. The highest BCUT2D eigenvalue weighted by Crippen LogP contribution is 2.29. The number of carbonyl (C=O) groups excluding carboxylic acids is 2. The number of hydrazine groups is 1. The van der Waals surface area contributed by atoms with Gasteiger partial charge in [0.2, 0.25) is 11.8 Å². The van der Waals surface area contributed by atoms with Gasteiger partial charge < -0.3 is 24.8 Å². The van der Waals surface area contributed by atoms with E-state index in [2.05, 4.69) is 21.5 Å². The Kier molecular flexibility index (Phi) is 7.99. The lowest BCUT2D eigenvalue weighted by atomic mass is 10.1. The Morgan fingerprint density at radius 1 is 1.00 bits per heavy atom. The lowest BCUT2D eigenvalue weighted by Crippen LogP contribution is -2.64. The molecule has 1 aliphatic rings. The molecule has 3 rings (SSSR count). The van der Waals surface area contributed by atoms with E-state index in [1.807, 2.05) is 24.3 Å². The number of rotatable bonds is 9. The van der Waals surface area contributed by atoms with Gasteiger partial charge in [-0.15, -0.1) is 11.8 Å². The molecule has 1 aliphatic heterocycles. The van der Waals surface area contributed by atoms with Crippen LogP contribution in [-0.4, -0.2) is 50.4 Å². The second kappa shape index (κ2) is 10.9. The average Bonchev–Trinajstić information content (AvgIpc) is 2.79. The zero-order valence-corrected chi connectivity index (χ0v) is 18.4. The molecule has 0 aromatic heterocycles. The highest BCUT2D eigenvalue weighted by atomic mass is 32.2. The number of amides is 2. The molecule has 2 unspecified atom stereocenters. The van der Waals surface area contributed by atoms with Crippen LogP contribution in [-0.2, 0) is 16.0 Å². The van der Waals surface area contributed by atoms with Crippen molar-refractivity contribution in [3.8, 4) is 17.2 Å². The predicted molar refractivity (Wildman–Crippen MR) is 119 cm³/mol. The summed E-state index contributed by atoms with van der Waals surface area (Å²) >= 11 is 1.26. The minimum atomic E-state index is -0.433. The number of anilines is 1. The summed E-state index contributed by atoms with van der Waals surface area (Å²) in [5, 5.41) is 5.67. The highest BCUT2D eigenvalue weighted by Gasteiger charge is 2.28. The van der Waals surface area contributed by atoms with Crippen LogP contribution in [0.1, 0.15) is 5.56 Å². The first-order valence-electron chi connectivity index (χ1n) is 9.60. The van der Waals surface area contributed by atoms with Crippen LogP contribution in [0.15, 0.2) is 42.5 Å². The second-order valence-electron chi connectivity index (χ2n) is 6.71. The number of ether oxygens (including phenoxy) is 3. The number of methoxy groups -OCH3 is 3. The first-order chi connectivity index (χ1) is 15.0. The molecule has 9 nitrogen and oxygen atoms in total. The molecule has 1 fully saturated rings. The lowest BCUT2D eigenvalue weighted by molar-refractivity contribution is -0.125. The molecule has 0 spiro atoms. The van der Waals surface area contributed by atoms with Gasteiger partial charge in [-0.25, -0.2) is 10.9 Å². The summed E-state index contributed by atoms with van der Waals surface area (Å²) in [6, 6.07) is 12.3. The number of thioether (sulfide) groups is 1. The highest BCUT2D eigenvalue weighted by molar-refractivity contribution is 8.00. The maximum Gasteiger partial charge on any atom is 0.240 e. The Hall–Kier alpha value is -2.95. The molecule has 0 radical (unpaired) electrons. The van der Waals surface area contributed by atoms with E-state index in [0.717, 1.165) is 11.3 Å². The quantitative estimate of drug-likeness (QED) is 0.459. The van der Waals surface area contributed by atoms with Gasteiger partial charge in [0, 0.05) is 6.07 Å². The molecule has 31 heavy (non-hydrogen) atoms. The van der Waals surface area contributed by atoms with E-state index in [4.69, 9.17) is 14.2 Å². The summed E-state index contributed by atoms with van der Waals surface area (Å²) in [4.78, 5) is 24.8. The summed E-state index contributed by atoms with van der Waals surface area (Å²) in [5.74, 6) is 1.67. The van der Waals surface area contributed by atoms with Crippen LogP contribution >= 0.6 is 11.8 Å². The third-order valence-corrected chi connectivity index (χ3v) is 5.64. The van der Waals surface area contributed by atoms with E-state index < -0.39 is 11.5 Å². The van der Waals surface area contributed by atoms with Crippen molar-refractivity contribution in [1.82, 2.24) is 16.2 Å². The van der Waals surface area contributed by atoms with Crippen molar-refractivity contribution in [1.29, 1.82) is 0 Å². The fourth-order valence-electron chi connectivity index (χ4n) is 2.99. The van der Waals surface area contributed by atoms with E-state index in [1.165, 1.54) is 18.9 Å².